The van der Waals surface area contributed by atoms with E-state index in [1.807, 2.05) is 45.2 Å². The zero-order valence-corrected chi connectivity index (χ0v) is 17.9. The summed E-state index contributed by atoms with van der Waals surface area (Å²) in [6.45, 7) is 7.61. The topological polar surface area (TPSA) is 57.1 Å². The van der Waals surface area contributed by atoms with E-state index in [1.165, 1.54) is 18.4 Å². The van der Waals surface area contributed by atoms with Gasteiger partial charge >= 0.3 is 0 Å². The van der Waals surface area contributed by atoms with Gasteiger partial charge in [-0.15, -0.1) is 24.0 Å². The molecule has 0 radical (unpaired) electrons. The van der Waals surface area contributed by atoms with Gasteiger partial charge in [0.15, 0.2) is 5.96 Å². The summed E-state index contributed by atoms with van der Waals surface area (Å²) >= 11 is 0. The average Bonchev–Trinajstić information content (AvgIpc) is 3.40. The molecular formula is C19H32IN3O2. The lowest BCUT2D eigenvalue weighted by Gasteiger charge is -2.22. The van der Waals surface area contributed by atoms with E-state index < -0.39 is 6.10 Å². The molecule has 5 nitrogen and oxygen atoms in total. The molecule has 0 aliphatic heterocycles. The van der Waals surface area contributed by atoms with Crippen LogP contribution in [0.2, 0.25) is 0 Å². The lowest BCUT2D eigenvalue weighted by atomic mass is 10.1. The van der Waals surface area contributed by atoms with Crippen molar-refractivity contribution in [1.82, 2.24) is 10.2 Å². The van der Waals surface area contributed by atoms with Crippen LogP contribution in [0.25, 0.3) is 0 Å². The van der Waals surface area contributed by atoms with Crippen molar-refractivity contribution in [2.75, 3.05) is 39.9 Å². The van der Waals surface area contributed by atoms with Gasteiger partial charge in [-0.1, -0.05) is 29.8 Å². The van der Waals surface area contributed by atoms with E-state index in [2.05, 4.69) is 15.2 Å². The van der Waals surface area contributed by atoms with E-state index in [1.54, 1.807) is 0 Å². The maximum absolute atomic E-state index is 10.3. The molecule has 1 aliphatic rings. The molecule has 0 amide bonds. The van der Waals surface area contributed by atoms with Crippen LogP contribution in [0.15, 0.2) is 29.3 Å². The second-order valence-corrected chi connectivity index (χ2v) is 6.56. The van der Waals surface area contributed by atoms with Crippen LogP contribution < -0.4 is 5.32 Å². The van der Waals surface area contributed by atoms with Crippen molar-refractivity contribution in [2.45, 2.75) is 32.8 Å². The third kappa shape index (κ3) is 8.37. The normalized spacial score (nSPS) is 15.4. The molecule has 142 valence electrons. The number of aliphatic imine (C=N–C) groups is 1. The molecule has 1 saturated carbocycles. The lowest BCUT2D eigenvalue weighted by Crippen LogP contribution is -2.40. The predicted octanol–water partition coefficient (Wildman–Crippen LogP) is 2.97. The minimum Gasteiger partial charge on any atom is -0.386 e. The summed E-state index contributed by atoms with van der Waals surface area (Å²) < 4.78 is 5.69. The minimum absolute atomic E-state index is 0. The monoisotopic (exact) mass is 461 g/mol. The van der Waals surface area contributed by atoms with E-state index in [0.717, 1.165) is 37.1 Å². The SMILES string of the molecule is CCNC(=NCC(O)c1ccc(C)cc1)N(C)CCOCC1CC1.I. The molecule has 25 heavy (non-hydrogen) atoms. The van der Waals surface area contributed by atoms with Crippen LogP contribution in [0, 0.1) is 12.8 Å². The van der Waals surface area contributed by atoms with Crippen molar-refractivity contribution >= 4 is 29.9 Å². The molecule has 0 aromatic heterocycles. The Hall–Kier alpha value is -0.860. The van der Waals surface area contributed by atoms with E-state index in [4.69, 9.17) is 4.74 Å². The van der Waals surface area contributed by atoms with Crippen LogP contribution in [0.1, 0.15) is 37.0 Å². The second-order valence-electron chi connectivity index (χ2n) is 6.56. The van der Waals surface area contributed by atoms with Gasteiger partial charge in [0.2, 0.25) is 0 Å². The van der Waals surface area contributed by atoms with Crippen molar-refractivity contribution < 1.29 is 9.84 Å². The summed E-state index contributed by atoms with van der Waals surface area (Å²) in [5.74, 6) is 1.60. The lowest BCUT2D eigenvalue weighted by molar-refractivity contribution is 0.115. The second kappa shape index (κ2) is 11.7. The summed E-state index contributed by atoms with van der Waals surface area (Å²) in [4.78, 5) is 6.62. The van der Waals surface area contributed by atoms with Gasteiger partial charge in [-0.2, -0.15) is 0 Å². The highest BCUT2D eigenvalue weighted by molar-refractivity contribution is 14.0. The number of likely N-dealkylation sites (N-methyl/N-ethyl adjacent to an activating group) is 1. The van der Waals surface area contributed by atoms with Crippen LogP contribution in [0.3, 0.4) is 0 Å². The molecule has 1 atom stereocenters. The first-order chi connectivity index (χ1) is 11.6. The summed E-state index contributed by atoms with van der Waals surface area (Å²) in [6, 6.07) is 7.93. The molecule has 1 fully saturated rings. The number of benzene rings is 1. The van der Waals surface area contributed by atoms with Crippen molar-refractivity contribution in [3.8, 4) is 0 Å². The fourth-order valence-corrected chi connectivity index (χ4v) is 2.38. The van der Waals surface area contributed by atoms with Crippen molar-refractivity contribution in [1.29, 1.82) is 0 Å². The average molecular weight is 461 g/mol. The molecule has 0 saturated heterocycles. The highest BCUT2D eigenvalue weighted by atomic mass is 127. The number of halogens is 1. The Bertz CT molecular complexity index is 518. The van der Waals surface area contributed by atoms with Gasteiger partial charge < -0.3 is 20.1 Å². The first kappa shape index (κ1) is 22.2. The van der Waals surface area contributed by atoms with Gasteiger partial charge in [0.25, 0.3) is 0 Å². The quantitative estimate of drug-likeness (QED) is 0.257. The Labute approximate surface area is 168 Å². The van der Waals surface area contributed by atoms with E-state index in [9.17, 15) is 5.11 Å². The molecule has 1 aromatic carbocycles. The highest BCUT2D eigenvalue weighted by Crippen LogP contribution is 2.28. The highest BCUT2D eigenvalue weighted by Gasteiger charge is 2.21. The number of nitrogens with one attached hydrogen (secondary N) is 1. The Kier molecular flexibility index (Phi) is 10.4. The largest absolute Gasteiger partial charge is 0.386 e. The Morgan fingerprint density at radius 3 is 2.64 bits per heavy atom. The number of aliphatic hydroxyl groups is 1. The summed E-state index contributed by atoms with van der Waals surface area (Å²) in [5, 5.41) is 13.6. The van der Waals surface area contributed by atoms with Gasteiger partial charge in [-0.05, 0) is 38.2 Å². The standard InChI is InChI=1S/C19H31N3O2.HI/c1-4-20-19(22(3)11-12-24-14-16-7-8-16)21-13-18(23)17-9-5-15(2)6-10-17;/h5-6,9-10,16,18,23H,4,7-8,11-14H2,1-3H3,(H,20,21);1H. The third-order valence-electron chi connectivity index (χ3n) is 4.19. The number of nitrogens with zero attached hydrogens (tertiary/aromatic N) is 2. The van der Waals surface area contributed by atoms with Crippen molar-refractivity contribution in [3.63, 3.8) is 0 Å². The number of rotatable bonds is 9. The summed E-state index contributed by atoms with van der Waals surface area (Å²) in [6.07, 6.45) is 2.05. The number of aryl methyl sites for hydroxylation is 1. The molecule has 1 aromatic rings. The van der Waals surface area contributed by atoms with Crippen molar-refractivity contribution in [3.05, 3.63) is 35.4 Å². The Balaban J connectivity index is 0.00000312. The zero-order chi connectivity index (χ0) is 17.4. The summed E-state index contributed by atoms with van der Waals surface area (Å²) in [5.41, 5.74) is 2.09. The number of ether oxygens (including phenoxy) is 1. The fourth-order valence-electron chi connectivity index (χ4n) is 2.38. The molecule has 2 rings (SSSR count). The van der Waals surface area contributed by atoms with Crippen molar-refractivity contribution in [2.24, 2.45) is 10.9 Å². The van der Waals surface area contributed by atoms with Crippen LogP contribution in [0.4, 0.5) is 0 Å². The molecule has 2 N–H and O–H groups in total. The predicted molar refractivity (Wildman–Crippen MR) is 114 cm³/mol. The molecule has 1 aliphatic carbocycles. The first-order valence-corrected chi connectivity index (χ1v) is 8.92. The van der Waals surface area contributed by atoms with E-state index >= 15 is 0 Å². The van der Waals surface area contributed by atoms with Gasteiger partial charge in [0.05, 0.1) is 19.3 Å². The van der Waals surface area contributed by atoms with Gasteiger partial charge in [0, 0.05) is 26.7 Å². The molecule has 0 heterocycles. The Morgan fingerprint density at radius 2 is 2.04 bits per heavy atom. The van der Waals surface area contributed by atoms with E-state index in [-0.39, 0.29) is 24.0 Å². The van der Waals surface area contributed by atoms with Gasteiger partial charge in [-0.25, -0.2) is 0 Å². The van der Waals surface area contributed by atoms with Crippen LogP contribution in [-0.4, -0.2) is 55.9 Å². The van der Waals surface area contributed by atoms with Crippen LogP contribution >= 0.6 is 24.0 Å². The molecular weight excluding hydrogens is 429 g/mol. The van der Waals surface area contributed by atoms with Gasteiger partial charge in [0.1, 0.15) is 0 Å². The molecule has 6 heteroatoms. The number of guanidine groups is 1. The van der Waals surface area contributed by atoms with E-state index in [0.29, 0.717) is 13.2 Å². The molecule has 0 spiro atoms. The summed E-state index contributed by atoms with van der Waals surface area (Å²) in [7, 11) is 2.00. The first-order valence-electron chi connectivity index (χ1n) is 8.92. The maximum Gasteiger partial charge on any atom is 0.193 e. The smallest absolute Gasteiger partial charge is 0.193 e. The number of aliphatic hydroxyl groups excluding tert-OH is 1. The number of hydrogen-bond acceptors (Lipinski definition) is 3. The Morgan fingerprint density at radius 1 is 1.36 bits per heavy atom. The minimum atomic E-state index is -0.584. The van der Waals surface area contributed by atoms with Gasteiger partial charge in [-0.3, -0.25) is 4.99 Å². The van der Waals surface area contributed by atoms with Crippen LogP contribution in [0.5, 0.6) is 0 Å². The fraction of sp³-hybridized carbons (Fsp3) is 0.632. The zero-order valence-electron chi connectivity index (χ0n) is 15.6. The maximum atomic E-state index is 10.3. The third-order valence-corrected chi connectivity index (χ3v) is 4.19. The van der Waals surface area contributed by atoms with Crippen LogP contribution in [-0.2, 0) is 4.74 Å². The molecule has 0 bridgehead atoms. The number of hydrogen-bond donors (Lipinski definition) is 2. The molecule has 1 unspecified atom stereocenters.